The van der Waals surface area contributed by atoms with E-state index in [0.717, 1.165) is 11.3 Å². The third-order valence-corrected chi connectivity index (χ3v) is 6.37. The van der Waals surface area contributed by atoms with Gasteiger partial charge in [-0.15, -0.1) is 11.8 Å². The molecule has 3 unspecified atom stereocenters. The summed E-state index contributed by atoms with van der Waals surface area (Å²) in [6.07, 6.45) is -1.49. The third kappa shape index (κ3) is 3.36. The maximum absolute atomic E-state index is 12.6. The summed E-state index contributed by atoms with van der Waals surface area (Å²) in [7, 11) is 1.30. The van der Waals surface area contributed by atoms with E-state index in [4.69, 9.17) is 15.2 Å². The molecule has 25 heavy (non-hydrogen) atoms. The predicted molar refractivity (Wildman–Crippen MR) is 94.4 cm³/mol. The first kappa shape index (κ1) is 18.1. The first-order valence-corrected chi connectivity index (χ1v) is 9.28. The van der Waals surface area contributed by atoms with Crippen LogP contribution in [0.4, 0.5) is 5.95 Å². The number of rotatable bonds is 4. The number of ether oxygens (including phenoxy) is 2. The van der Waals surface area contributed by atoms with Crippen molar-refractivity contribution in [3.8, 4) is 0 Å². The molecular weight excluding hydrogens is 368 g/mol. The number of nitrogens with zero attached hydrogens (tertiary/aromatic N) is 3. The largest absolute Gasteiger partial charge is 0.469 e. The highest BCUT2D eigenvalue weighted by Gasteiger charge is 2.42. The Balaban J connectivity index is 2.08. The van der Waals surface area contributed by atoms with Gasteiger partial charge in [-0.25, -0.2) is 4.98 Å². The summed E-state index contributed by atoms with van der Waals surface area (Å²) in [6, 6.07) is 0. The Morgan fingerprint density at radius 3 is 2.88 bits per heavy atom. The number of carbonyl (C=O) groups excluding carboxylic acids is 1. The lowest BCUT2D eigenvalue weighted by atomic mass is 10.2. The summed E-state index contributed by atoms with van der Waals surface area (Å²) >= 11 is 2.29. The Hall–Kier alpha value is -1.69. The minimum atomic E-state index is -0.766. The van der Waals surface area contributed by atoms with Crippen LogP contribution in [0.25, 0.3) is 10.3 Å². The SMILES string of the molecule is COC(=O)CC1SC([C@H](C)O)OC1n1c(=O)sc2c(C)nc(N)nc21. The first-order valence-electron chi connectivity index (χ1n) is 7.52. The van der Waals surface area contributed by atoms with E-state index < -0.39 is 29.0 Å². The average Bonchev–Trinajstić information content (AvgIpc) is 3.08. The summed E-state index contributed by atoms with van der Waals surface area (Å²) in [5, 5.41) is 9.45. The highest BCUT2D eigenvalue weighted by atomic mass is 32.2. The molecule has 0 radical (unpaired) electrons. The number of nitrogen functional groups attached to an aromatic ring is 1. The van der Waals surface area contributed by atoms with Gasteiger partial charge in [-0.05, 0) is 13.8 Å². The van der Waals surface area contributed by atoms with Gasteiger partial charge in [-0.3, -0.25) is 14.2 Å². The highest BCUT2D eigenvalue weighted by Crippen LogP contribution is 2.43. The molecular formula is C14H18N4O5S2. The second kappa shape index (κ2) is 6.90. The van der Waals surface area contributed by atoms with Crippen molar-refractivity contribution in [2.45, 2.75) is 43.3 Å². The van der Waals surface area contributed by atoms with E-state index in [1.807, 2.05) is 0 Å². The molecule has 0 aliphatic carbocycles. The maximum Gasteiger partial charge on any atom is 0.311 e. The Bertz CT molecular complexity index is 865. The van der Waals surface area contributed by atoms with Crippen molar-refractivity contribution in [1.82, 2.24) is 14.5 Å². The van der Waals surface area contributed by atoms with E-state index in [2.05, 4.69) is 9.97 Å². The van der Waals surface area contributed by atoms with E-state index in [1.54, 1.807) is 13.8 Å². The van der Waals surface area contributed by atoms with Crippen LogP contribution >= 0.6 is 23.1 Å². The number of thiazole rings is 1. The number of hydrogen-bond acceptors (Lipinski definition) is 10. The van der Waals surface area contributed by atoms with Crippen molar-refractivity contribution in [3.63, 3.8) is 0 Å². The standard InChI is InChI=1S/C14H18N4O5S2/c1-5-9-10(17-13(15)16-5)18(14(21)25-9)11-7(4-8(20)22-3)24-12(23-11)6(2)19/h6-7,11-12,19H,4H2,1-3H3,(H2,15,16,17)/t6-,7?,11?,12?/m0/s1. The molecule has 0 spiro atoms. The Labute approximate surface area is 151 Å². The normalized spacial score (nSPS) is 24.6. The molecule has 0 bridgehead atoms. The lowest BCUT2D eigenvalue weighted by Gasteiger charge is -2.18. The van der Waals surface area contributed by atoms with Crippen LogP contribution in [0.2, 0.25) is 0 Å². The number of aromatic nitrogens is 3. The molecule has 1 fully saturated rings. The van der Waals surface area contributed by atoms with Gasteiger partial charge in [-0.2, -0.15) is 4.98 Å². The second-order valence-corrected chi connectivity index (χ2v) is 7.95. The number of methoxy groups -OCH3 is 1. The Morgan fingerprint density at radius 2 is 2.24 bits per heavy atom. The van der Waals surface area contributed by atoms with E-state index in [-0.39, 0.29) is 17.2 Å². The lowest BCUT2D eigenvalue weighted by molar-refractivity contribution is -0.141. The zero-order valence-corrected chi connectivity index (χ0v) is 15.5. The van der Waals surface area contributed by atoms with Crippen LogP contribution in [0.5, 0.6) is 0 Å². The molecule has 0 aromatic carbocycles. The average molecular weight is 386 g/mol. The molecule has 3 N–H and O–H groups in total. The smallest absolute Gasteiger partial charge is 0.311 e. The minimum absolute atomic E-state index is 0.0401. The summed E-state index contributed by atoms with van der Waals surface area (Å²) < 4.78 is 12.6. The quantitative estimate of drug-likeness (QED) is 0.727. The van der Waals surface area contributed by atoms with Gasteiger partial charge in [0.25, 0.3) is 0 Å². The molecule has 0 amide bonds. The van der Waals surface area contributed by atoms with Gasteiger partial charge < -0.3 is 20.3 Å². The molecule has 1 saturated heterocycles. The Kier molecular flexibility index (Phi) is 5.00. The number of aliphatic hydroxyl groups is 1. The van der Waals surface area contributed by atoms with Crippen LogP contribution in [-0.2, 0) is 14.3 Å². The Morgan fingerprint density at radius 1 is 1.52 bits per heavy atom. The van der Waals surface area contributed by atoms with Gasteiger partial charge in [-0.1, -0.05) is 11.3 Å². The van der Waals surface area contributed by atoms with Crippen molar-refractivity contribution in [3.05, 3.63) is 15.4 Å². The number of fused-ring (bicyclic) bond motifs is 1. The van der Waals surface area contributed by atoms with Crippen LogP contribution in [0.1, 0.15) is 25.3 Å². The fourth-order valence-corrected chi connectivity index (χ4v) is 4.84. The molecule has 4 atom stereocenters. The molecule has 0 saturated carbocycles. The van der Waals surface area contributed by atoms with E-state index in [1.165, 1.54) is 23.4 Å². The maximum atomic E-state index is 12.6. The third-order valence-electron chi connectivity index (χ3n) is 3.79. The van der Waals surface area contributed by atoms with Crippen LogP contribution in [0, 0.1) is 6.92 Å². The van der Waals surface area contributed by atoms with Crippen molar-refractivity contribution in [1.29, 1.82) is 0 Å². The first-order chi connectivity index (χ1) is 11.8. The molecule has 136 valence electrons. The molecule has 9 nitrogen and oxygen atoms in total. The van der Waals surface area contributed by atoms with Crippen molar-refractivity contribution >= 4 is 45.4 Å². The molecule has 2 aromatic heterocycles. The van der Waals surface area contributed by atoms with Gasteiger partial charge in [0, 0.05) is 0 Å². The van der Waals surface area contributed by atoms with Crippen molar-refractivity contribution < 1.29 is 19.4 Å². The molecule has 1 aliphatic rings. The van der Waals surface area contributed by atoms with Gasteiger partial charge in [0.05, 0.1) is 35.3 Å². The number of aryl methyl sites for hydroxylation is 1. The highest BCUT2D eigenvalue weighted by molar-refractivity contribution is 8.00. The van der Waals surface area contributed by atoms with Crippen molar-refractivity contribution in [2.75, 3.05) is 12.8 Å². The monoisotopic (exact) mass is 386 g/mol. The molecule has 3 rings (SSSR count). The number of hydrogen-bond donors (Lipinski definition) is 2. The fourth-order valence-electron chi connectivity index (χ4n) is 2.65. The summed E-state index contributed by atoms with van der Waals surface area (Å²) in [4.78, 5) is 32.3. The van der Waals surface area contributed by atoms with Crippen molar-refractivity contribution in [2.24, 2.45) is 0 Å². The predicted octanol–water partition coefficient (Wildman–Crippen LogP) is 0.644. The number of thioether (sulfide) groups is 1. The number of esters is 1. The summed E-state index contributed by atoms with van der Waals surface area (Å²) in [5.41, 5.74) is 6.12. The van der Waals surface area contributed by atoms with Crippen LogP contribution < -0.4 is 10.6 Å². The minimum Gasteiger partial charge on any atom is -0.469 e. The van der Waals surface area contributed by atoms with E-state index in [9.17, 15) is 14.7 Å². The summed E-state index contributed by atoms with van der Waals surface area (Å²) in [6.45, 7) is 3.34. The van der Waals surface area contributed by atoms with E-state index >= 15 is 0 Å². The fraction of sp³-hybridized carbons (Fsp3) is 0.571. The second-order valence-electron chi connectivity index (χ2n) is 5.65. The number of anilines is 1. The van der Waals surface area contributed by atoms with Gasteiger partial charge in [0.2, 0.25) is 5.95 Å². The van der Waals surface area contributed by atoms with Crippen LogP contribution in [0.15, 0.2) is 4.79 Å². The summed E-state index contributed by atoms with van der Waals surface area (Å²) in [5.74, 6) is -0.367. The van der Waals surface area contributed by atoms with Gasteiger partial charge in [0.15, 0.2) is 11.9 Å². The topological polar surface area (TPSA) is 130 Å². The zero-order chi connectivity index (χ0) is 18.3. The van der Waals surface area contributed by atoms with Crippen LogP contribution in [-0.4, -0.2) is 49.5 Å². The van der Waals surface area contributed by atoms with E-state index in [0.29, 0.717) is 16.0 Å². The molecule has 1 aliphatic heterocycles. The van der Waals surface area contributed by atoms with Gasteiger partial charge >= 0.3 is 10.8 Å². The zero-order valence-electron chi connectivity index (χ0n) is 13.8. The lowest BCUT2D eigenvalue weighted by Crippen LogP contribution is -2.29. The van der Waals surface area contributed by atoms with Gasteiger partial charge in [0.1, 0.15) is 5.44 Å². The van der Waals surface area contributed by atoms with Crippen LogP contribution in [0.3, 0.4) is 0 Å². The number of nitrogens with two attached hydrogens (primary N) is 1. The number of aliphatic hydroxyl groups excluding tert-OH is 1. The molecule has 11 heteroatoms. The molecule has 2 aromatic rings. The number of carbonyl (C=O) groups is 1. The molecule has 3 heterocycles.